The molecule has 1 heterocycles. The zero-order valence-corrected chi connectivity index (χ0v) is 16.4. The fraction of sp³-hybridized carbons (Fsp3) is 0.789. The molecule has 0 aromatic rings. The summed E-state index contributed by atoms with van der Waals surface area (Å²) in [6, 6.07) is 0. The van der Waals surface area contributed by atoms with Gasteiger partial charge in [-0.15, -0.1) is 0 Å². The van der Waals surface area contributed by atoms with Crippen molar-refractivity contribution in [2.45, 2.75) is 74.7 Å². The first kappa shape index (κ1) is 29.8. The maximum Gasteiger partial charge on any atom is 0.317 e. The van der Waals surface area contributed by atoms with E-state index in [-0.39, 0.29) is 54.4 Å². The predicted octanol–water partition coefficient (Wildman–Crippen LogP) is 2.92. The summed E-state index contributed by atoms with van der Waals surface area (Å²) in [5, 5.41) is 17.2. The number of carboxylic acid groups (broad SMARTS) is 2. The Morgan fingerprint density at radius 1 is 1.07 bits per heavy atom. The van der Waals surface area contributed by atoms with Gasteiger partial charge in [0.2, 0.25) is 0 Å². The van der Waals surface area contributed by atoms with Crippen LogP contribution in [0, 0.1) is 22.7 Å². The topological polar surface area (TPSA) is 149 Å². The Morgan fingerprint density at radius 3 is 1.81 bits per heavy atom. The van der Waals surface area contributed by atoms with Crippen LogP contribution in [-0.2, 0) is 23.9 Å². The van der Waals surface area contributed by atoms with Crippen LogP contribution in [0.25, 0.3) is 0 Å². The average molecular weight is 392 g/mol. The summed E-state index contributed by atoms with van der Waals surface area (Å²) in [5.41, 5.74) is -0.0766. The molecule has 0 aromatic carbocycles. The van der Waals surface area contributed by atoms with E-state index in [0.29, 0.717) is 6.42 Å². The van der Waals surface area contributed by atoms with Crippen molar-refractivity contribution in [2.75, 3.05) is 0 Å². The van der Waals surface area contributed by atoms with Gasteiger partial charge in [-0.05, 0) is 23.7 Å². The lowest BCUT2D eigenvalue weighted by molar-refractivity contribution is -0.153. The van der Waals surface area contributed by atoms with Crippen molar-refractivity contribution in [3.63, 3.8) is 0 Å². The summed E-state index contributed by atoms with van der Waals surface area (Å²) >= 11 is 0. The molecule has 1 saturated heterocycles. The second-order valence-corrected chi connectivity index (χ2v) is 8.86. The van der Waals surface area contributed by atoms with E-state index in [0.717, 1.165) is 6.42 Å². The van der Waals surface area contributed by atoms with E-state index in [2.05, 4.69) is 4.74 Å². The Bertz CT molecular complexity index is 511. The number of cyclic esters (lactones) is 2. The molecule has 1 aliphatic heterocycles. The Morgan fingerprint density at radius 2 is 1.56 bits per heavy atom. The molecule has 0 amide bonds. The molecule has 0 spiro atoms. The molecule has 1 fully saturated rings. The van der Waals surface area contributed by atoms with Gasteiger partial charge in [-0.3, -0.25) is 19.2 Å². The van der Waals surface area contributed by atoms with Crippen molar-refractivity contribution in [2.24, 2.45) is 22.7 Å². The minimum atomic E-state index is -1.06. The van der Waals surface area contributed by atoms with Crippen molar-refractivity contribution >= 4 is 23.9 Å². The number of carbonyl (C=O) groups is 4. The Labute approximate surface area is 161 Å². The lowest BCUT2D eigenvalue weighted by Crippen LogP contribution is -2.23. The molecule has 0 aliphatic carbocycles. The first-order chi connectivity index (χ1) is 11.1. The summed E-state index contributed by atoms with van der Waals surface area (Å²) in [6.07, 6.45) is 1.06. The maximum absolute atomic E-state index is 11.0. The molecule has 0 aromatic heterocycles. The minimum Gasteiger partial charge on any atom is -0.481 e. The Hall–Kier alpha value is -1.96. The number of hydrogen-bond acceptors (Lipinski definition) is 5. The highest BCUT2D eigenvalue weighted by atomic mass is 16.6. The van der Waals surface area contributed by atoms with Crippen LogP contribution in [0.1, 0.15) is 74.7 Å². The highest BCUT2D eigenvalue weighted by Gasteiger charge is 2.35. The third-order valence-corrected chi connectivity index (χ3v) is 3.45. The van der Waals surface area contributed by atoms with E-state index >= 15 is 0 Å². The molecule has 160 valence electrons. The third-order valence-electron chi connectivity index (χ3n) is 3.45. The van der Waals surface area contributed by atoms with Gasteiger partial charge < -0.3 is 20.4 Å². The second-order valence-electron chi connectivity index (χ2n) is 8.86. The van der Waals surface area contributed by atoms with Crippen LogP contribution in [0.15, 0.2) is 0 Å². The van der Waals surface area contributed by atoms with Crippen molar-refractivity contribution in [1.29, 1.82) is 0 Å². The summed E-state index contributed by atoms with van der Waals surface area (Å²) in [7, 11) is 0. The third kappa shape index (κ3) is 14.9. The lowest BCUT2D eigenvalue weighted by atomic mass is 9.83. The van der Waals surface area contributed by atoms with Crippen LogP contribution < -0.4 is 0 Å². The molecule has 1 aliphatic rings. The fourth-order valence-electron chi connectivity index (χ4n) is 2.61. The molecule has 0 saturated carbocycles. The predicted molar refractivity (Wildman–Crippen MR) is 101 cm³/mol. The molecular weight excluding hydrogens is 356 g/mol. The number of carbonyl (C=O) groups excluding carboxylic acids is 2. The summed E-state index contributed by atoms with van der Waals surface area (Å²) in [4.78, 5) is 42.7. The van der Waals surface area contributed by atoms with Crippen LogP contribution in [-0.4, -0.2) is 39.6 Å². The molecule has 1 rings (SSSR count). The van der Waals surface area contributed by atoms with E-state index in [1.165, 1.54) is 0 Å². The number of hydrogen-bond donors (Lipinski definition) is 2. The summed E-state index contributed by atoms with van der Waals surface area (Å²) < 4.78 is 4.44. The molecule has 2 atom stereocenters. The molecule has 2 unspecified atom stereocenters. The highest BCUT2D eigenvalue weighted by molar-refractivity contribution is 5.94. The molecule has 8 nitrogen and oxygen atoms in total. The van der Waals surface area contributed by atoms with Crippen molar-refractivity contribution in [3.05, 3.63) is 0 Å². The van der Waals surface area contributed by atoms with Gasteiger partial charge in [-0.1, -0.05) is 49.0 Å². The lowest BCUT2D eigenvalue weighted by Gasteiger charge is -2.21. The van der Waals surface area contributed by atoms with Gasteiger partial charge in [0.1, 0.15) is 0 Å². The second kappa shape index (κ2) is 11.7. The van der Waals surface area contributed by atoms with E-state index in [1.54, 1.807) is 0 Å². The van der Waals surface area contributed by atoms with Crippen LogP contribution in [0.5, 0.6) is 0 Å². The Balaban J connectivity index is -0.000000398. The van der Waals surface area contributed by atoms with Crippen LogP contribution in [0.3, 0.4) is 0 Å². The van der Waals surface area contributed by atoms with Gasteiger partial charge in [-0.25, -0.2) is 0 Å². The van der Waals surface area contributed by atoms with Gasteiger partial charge in [0.25, 0.3) is 0 Å². The molecule has 8 heteroatoms. The summed E-state index contributed by atoms with van der Waals surface area (Å²) in [5.74, 6) is -3.81. The fourth-order valence-corrected chi connectivity index (χ4v) is 2.61. The zero-order valence-electron chi connectivity index (χ0n) is 16.4. The van der Waals surface area contributed by atoms with Crippen LogP contribution in [0.2, 0.25) is 0 Å². The van der Waals surface area contributed by atoms with Gasteiger partial charge in [0.15, 0.2) is 0 Å². The molecular formula is C19H36O8. The largest absolute Gasteiger partial charge is 0.481 e. The van der Waals surface area contributed by atoms with Crippen LogP contribution in [0.4, 0.5) is 0 Å². The number of carboxylic acids is 2. The number of esters is 2. The summed E-state index contributed by atoms with van der Waals surface area (Å²) in [6.45, 7) is 11.8. The van der Waals surface area contributed by atoms with E-state index in [9.17, 15) is 19.2 Å². The monoisotopic (exact) mass is 392 g/mol. The highest BCUT2D eigenvalue weighted by Crippen LogP contribution is 2.30. The molecule has 0 bridgehead atoms. The minimum absolute atomic E-state index is 0. The average Bonchev–Trinajstić information content (AvgIpc) is 2.62. The number of ether oxygens (including phenoxy) is 1. The number of rotatable bonds is 5. The van der Waals surface area contributed by atoms with Crippen LogP contribution >= 0.6 is 0 Å². The van der Waals surface area contributed by atoms with Crippen molar-refractivity contribution < 1.29 is 39.6 Å². The smallest absolute Gasteiger partial charge is 0.317 e. The van der Waals surface area contributed by atoms with Gasteiger partial charge in [0.05, 0.1) is 24.7 Å². The van der Waals surface area contributed by atoms with E-state index in [1.807, 2.05) is 41.5 Å². The quantitative estimate of drug-likeness (QED) is 0.539. The molecule has 4 N–H and O–H groups in total. The van der Waals surface area contributed by atoms with Crippen molar-refractivity contribution in [1.82, 2.24) is 0 Å². The molecule has 0 radical (unpaired) electrons. The van der Waals surface area contributed by atoms with E-state index in [4.69, 9.17) is 10.2 Å². The van der Waals surface area contributed by atoms with Gasteiger partial charge in [-0.2, -0.15) is 0 Å². The Kier molecular flexibility index (Phi) is 12.9. The first-order valence-electron chi connectivity index (χ1n) is 8.30. The van der Waals surface area contributed by atoms with Gasteiger partial charge in [0, 0.05) is 0 Å². The van der Waals surface area contributed by atoms with Gasteiger partial charge >= 0.3 is 23.9 Å². The normalized spacial score (nSPS) is 17.5. The maximum atomic E-state index is 11.0. The number of aliphatic carboxylic acids is 2. The van der Waals surface area contributed by atoms with Crippen molar-refractivity contribution in [3.8, 4) is 0 Å². The SMILES string of the molecule is C.CC(C)(C)CC(CC(=O)O)C(=O)O.CC(C)(C)CC1CC(=O)OC1=O.O. The standard InChI is InChI=1S/C9H16O4.C9H14O3.CH4.H2O/c1-9(2,3)5-6(8(12)13)4-7(10)11;1-9(2,3)5-6-4-7(10)12-8(6)11;;/h6H,4-5H2,1-3H3,(H,10,11)(H,12,13);6H,4-5H2,1-3H3;1H4;1H2. The zero-order chi connectivity index (χ0) is 20.0. The first-order valence-corrected chi connectivity index (χ1v) is 8.30. The molecule has 27 heavy (non-hydrogen) atoms. The van der Waals surface area contributed by atoms with E-state index < -0.39 is 17.9 Å².